The van der Waals surface area contributed by atoms with Crippen molar-refractivity contribution in [3.8, 4) is 0 Å². The molecule has 0 bridgehead atoms. The summed E-state index contributed by atoms with van der Waals surface area (Å²) < 4.78 is 1.96. The maximum absolute atomic E-state index is 4.85. The standard InChI is InChI=1S/C19H25N7S/c1-19(2,3)14-6-7-15-20-21-16(26(15)24-14)12-8-10-25(11-9-12)18-23-22-17(27-18)13-4-5-13/h6-7,12-13H,4-5,8-11H2,1-3H3. The minimum atomic E-state index is 0.0101. The van der Waals surface area contributed by atoms with Crippen molar-refractivity contribution in [1.29, 1.82) is 0 Å². The largest absolute Gasteiger partial charge is 0.347 e. The summed E-state index contributed by atoms with van der Waals surface area (Å²) in [5.74, 6) is 2.06. The maximum atomic E-state index is 4.85. The van der Waals surface area contributed by atoms with Crippen LogP contribution < -0.4 is 4.90 Å². The third kappa shape index (κ3) is 3.20. The molecule has 2 fully saturated rings. The minimum Gasteiger partial charge on any atom is -0.347 e. The van der Waals surface area contributed by atoms with Crippen LogP contribution in [0.15, 0.2) is 12.1 Å². The van der Waals surface area contributed by atoms with Gasteiger partial charge in [0.1, 0.15) is 5.01 Å². The number of hydrogen-bond acceptors (Lipinski definition) is 7. The third-order valence-electron chi connectivity index (χ3n) is 5.54. The molecule has 0 atom stereocenters. The summed E-state index contributed by atoms with van der Waals surface area (Å²) in [7, 11) is 0. The number of piperidine rings is 1. The van der Waals surface area contributed by atoms with Crippen LogP contribution in [-0.4, -0.2) is 43.1 Å². The van der Waals surface area contributed by atoms with Crippen LogP contribution in [0.1, 0.15) is 74.8 Å². The van der Waals surface area contributed by atoms with E-state index in [2.05, 4.69) is 52.1 Å². The highest BCUT2D eigenvalue weighted by molar-refractivity contribution is 7.15. The molecule has 0 aromatic carbocycles. The van der Waals surface area contributed by atoms with Gasteiger partial charge in [-0.3, -0.25) is 0 Å². The van der Waals surface area contributed by atoms with Crippen LogP contribution >= 0.6 is 11.3 Å². The molecule has 0 amide bonds. The van der Waals surface area contributed by atoms with Crippen molar-refractivity contribution in [2.24, 2.45) is 0 Å². The summed E-state index contributed by atoms with van der Waals surface area (Å²) in [5, 5.41) is 24.8. The number of hydrogen-bond donors (Lipinski definition) is 0. The van der Waals surface area contributed by atoms with Crippen LogP contribution in [0.5, 0.6) is 0 Å². The third-order valence-corrected chi connectivity index (χ3v) is 6.69. The van der Waals surface area contributed by atoms with Crippen molar-refractivity contribution in [3.05, 3.63) is 28.7 Å². The summed E-state index contributed by atoms with van der Waals surface area (Å²) in [6, 6.07) is 4.09. The monoisotopic (exact) mass is 383 g/mol. The molecule has 0 radical (unpaired) electrons. The molecule has 1 aliphatic heterocycles. The van der Waals surface area contributed by atoms with Gasteiger partial charge in [0.2, 0.25) is 5.13 Å². The van der Waals surface area contributed by atoms with E-state index in [0.717, 1.165) is 48.2 Å². The van der Waals surface area contributed by atoms with E-state index in [0.29, 0.717) is 11.8 Å². The Morgan fingerprint density at radius 1 is 0.926 bits per heavy atom. The number of rotatable bonds is 3. The Kier molecular flexibility index (Phi) is 3.93. The lowest BCUT2D eigenvalue weighted by Crippen LogP contribution is -2.33. The van der Waals surface area contributed by atoms with E-state index < -0.39 is 0 Å². The fourth-order valence-corrected chi connectivity index (χ4v) is 4.70. The Morgan fingerprint density at radius 2 is 1.70 bits per heavy atom. The van der Waals surface area contributed by atoms with E-state index in [1.165, 1.54) is 17.8 Å². The van der Waals surface area contributed by atoms with Crippen molar-refractivity contribution < 1.29 is 0 Å². The maximum Gasteiger partial charge on any atom is 0.208 e. The van der Waals surface area contributed by atoms with Gasteiger partial charge >= 0.3 is 0 Å². The molecule has 2 aliphatic rings. The molecule has 0 unspecified atom stereocenters. The molecule has 3 aromatic heterocycles. The Hall–Kier alpha value is -2.09. The second kappa shape index (κ2) is 6.22. The molecular weight excluding hydrogens is 358 g/mol. The normalized spacial score (nSPS) is 19.1. The van der Waals surface area contributed by atoms with Gasteiger partial charge in [-0.2, -0.15) is 9.61 Å². The summed E-state index contributed by atoms with van der Waals surface area (Å²) in [4.78, 5) is 2.37. The van der Waals surface area contributed by atoms with Gasteiger partial charge < -0.3 is 4.90 Å². The van der Waals surface area contributed by atoms with E-state index >= 15 is 0 Å². The Labute approximate surface area is 162 Å². The van der Waals surface area contributed by atoms with E-state index in [9.17, 15) is 0 Å². The lowest BCUT2D eigenvalue weighted by molar-refractivity contribution is 0.471. The highest BCUT2D eigenvalue weighted by Gasteiger charge is 2.30. The van der Waals surface area contributed by atoms with Crippen molar-refractivity contribution in [3.63, 3.8) is 0 Å². The first kappa shape index (κ1) is 17.0. The Balaban J connectivity index is 1.34. The highest BCUT2D eigenvalue weighted by Crippen LogP contribution is 2.43. The van der Waals surface area contributed by atoms with Gasteiger partial charge in [-0.15, -0.1) is 20.4 Å². The number of nitrogens with zero attached hydrogens (tertiary/aromatic N) is 7. The van der Waals surface area contributed by atoms with Crippen LogP contribution in [0.4, 0.5) is 5.13 Å². The molecule has 1 saturated heterocycles. The second-order valence-corrected chi connectivity index (χ2v) is 9.74. The zero-order chi connectivity index (χ0) is 18.6. The van der Waals surface area contributed by atoms with Gasteiger partial charge in [0.25, 0.3) is 0 Å². The zero-order valence-electron chi connectivity index (χ0n) is 16.1. The average molecular weight is 384 g/mol. The number of aromatic nitrogens is 6. The summed E-state index contributed by atoms with van der Waals surface area (Å²) >= 11 is 1.77. The van der Waals surface area contributed by atoms with Crippen LogP contribution in [0, 0.1) is 0 Å². The highest BCUT2D eigenvalue weighted by atomic mass is 32.1. The molecule has 142 valence electrons. The zero-order valence-corrected chi connectivity index (χ0v) is 16.9. The van der Waals surface area contributed by atoms with Crippen LogP contribution in [0.3, 0.4) is 0 Å². The van der Waals surface area contributed by atoms with Gasteiger partial charge in [0.05, 0.1) is 5.69 Å². The average Bonchev–Trinajstić information content (AvgIpc) is 3.24. The Bertz CT molecular complexity index is 958. The molecule has 8 heteroatoms. The molecule has 0 spiro atoms. The van der Waals surface area contributed by atoms with Gasteiger partial charge in [-0.1, -0.05) is 32.1 Å². The molecule has 3 aromatic rings. The van der Waals surface area contributed by atoms with Crippen LogP contribution in [-0.2, 0) is 5.41 Å². The molecule has 0 N–H and O–H groups in total. The van der Waals surface area contributed by atoms with Crippen molar-refractivity contribution in [2.45, 2.75) is 63.7 Å². The van der Waals surface area contributed by atoms with E-state index in [1.807, 2.05) is 10.6 Å². The molecule has 1 saturated carbocycles. The molecular formula is C19H25N7S. The lowest BCUT2D eigenvalue weighted by Gasteiger charge is -2.30. The summed E-state index contributed by atoms with van der Waals surface area (Å²) in [6.45, 7) is 8.51. The molecule has 5 rings (SSSR count). The van der Waals surface area contributed by atoms with Crippen molar-refractivity contribution in [1.82, 2.24) is 30.0 Å². The van der Waals surface area contributed by atoms with Crippen molar-refractivity contribution in [2.75, 3.05) is 18.0 Å². The first-order chi connectivity index (χ1) is 13.0. The van der Waals surface area contributed by atoms with E-state index in [4.69, 9.17) is 5.10 Å². The van der Waals surface area contributed by atoms with Gasteiger partial charge in [0.15, 0.2) is 11.5 Å². The Morgan fingerprint density at radius 3 is 2.41 bits per heavy atom. The van der Waals surface area contributed by atoms with E-state index in [1.54, 1.807) is 11.3 Å². The van der Waals surface area contributed by atoms with Gasteiger partial charge in [0, 0.05) is 30.3 Å². The quantitative estimate of drug-likeness (QED) is 0.689. The summed E-state index contributed by atoms with van der Waals surface area (Å²) in [5.41, 5.74) is 1.91. The topological polar surface area (TPSA) is 72.1 Å². The first-order valence-electron chi connectivity index (χ1n) is 9.80. The number of anilines is 1. The smallest absolute Gasteiger partial charge is 0.208 e. The fourth-order valence-electron chi connectivity index (χ4n) is 3.64. The van der Waals surface area contributed by atoms with Crippen molar-refractivity contribution >= 4 is 22.1 Å². The van der Waals surface area contributed by atoms with Gasteiger partial charge in [-0.25, -0.2) is 0 Å². The number of fused-ring (bicyclic) bond motifs is 1. The van der Waals surface area contributed by atoms with Crippen LogP contribution in [0.25, 0.3) is 5.65 Å². The molecule has 4 heterocycles. The first-order valence-corrected chi connectivity index (χ1v) is 10.6. The van der Waals surface area contributed by atoms with Gasteiger partial charge in [-0.05, 0) is 37.8 Å². The van der Waals surface area contributed by atoms with Crippen LogP contribution in [0.2, 0.25) is 0 Å². The van der Waals surface area contributed by atoms with E-state index in [-0.39, 0.29) is 5.41 Å². The SMILES string of the molecule is CC(C)(C)c1ccc2nnc(C3CCN(c4nnc(C5CC5)s4)CC3)n2n1. The lowest BCUT2D eigenvalue weighted by atomic mass is 9.92. The predicted molar refractivity (Wildman–Crippen MR) is 106 cm³/mol. The summed E-state index contributed by atoms with van der Waals surface area (Å²) in [6.07, 6.45) is 4.64. The minimum absolute atomic E-state index is 0.0101. The molecule has 7 nitrogen and oxygen atoms in total. The molecule has 1 aliphatic carbocycles. The fraction of sp³-hybridized carbons (Fsp3) is 0.632. The second-order valence-electron chi connectivity index (χ2n) is 8.76. The molecule has 27 heavy (non-hydrogen) atoms. The predicted octanol–water partition coefficient (Wildman–Crippen LogP) is 3.53.